The third kappa shape index (κ3) is 4.65. The van der Waals surface area contributed by atoms with E-state index in [1.54, 1.807) is 29.2 Å². The summed E-state index contributed by atoms with van der Waals surface area (Å²) in [6, 6.07) is 7.37. The number of rotatable bonds is 4. The minimum absolute atomic E-state index is 0.0424. The quantitative estimate of drug-likeness (QED) is 0.397. The molecule has 1 saturated carbocycles. The molecule has 2 aliphatic rings. The Morgan fingerprint density at radius 2 is 1.72 bits per heavy atom. The number of piperidine rings is 2. The van der Waals surface area contributed by atoms with Crippen LogP contribution in [0, 0.1) is 17.8 Å². The molecule has 8 nitrogen and oxygen atoms in total. The van der Waals surface area contributed by atoms with Crippen LogP contribution in [0.15, 0.2) is 30.3 Å². The number of methoxy groups -OCH3 is 2. The summed E-state index contributed by atoms with van der Waals surface area (Å²) in [7, 11) is 2.95. The Morgan fingerprint density at radius 1 is 1.03 bits per heavy atom. The first kappa shape index (κ1) is 27.1. The molecule has 0 N–H and O–H groups in total. The molecule has 1 amide bonds. The average molecular weight is 547 g/mol. The van der Waals surface area contributed by atoms with Crippen molar-refractivity contribution < 1.29 is 32.2 Å². The number of likely N-dealkylation sites (tertiary alicyclic amines) is 1. The molecule has 2 bridgehead atoms. The van der Waals surface area contributed by atoms with E-state index in [0.29, 0.717) is 35.2 Å². The van der Waals surface area contributed by atoms with E-state index in [-0.39, 0.29) is 41.2 Å². The van der Waals surface area contributed by atoms with Gasteiger partial charge in [-0.15, -0.1) is 0 Å². The second-order valence-electron chi connectivity index (χ2n) is 11.4. The Labute approximate surface area is 225 Å². The van der Waals surface area contributed by atoms with Crippen molar-refractivity contribution in [2.45, 2.75) is 58.4 Å². The van der Waals surface area contributed by atoms with E-state index in [9.17, 15) is 18.0 Å². The third-order valence-corrected chi connectivity index (χ3v) is 8.00. The Kier molecular flexibility index (Phi) is 6.46. The largest absolute Gasteiger partial charge is 0.493 e. The predicted molar refractivity (Wildman–Crippen MR) is 138 cm³/mol. The van der Waals surface area contributed by atoms with Gasteiger partial charge in [-0.2, -0.15) is 18.3 Å². The maximum atomic E-state index is 14.2. The number of aromatic nitrogens is 3. The highest BCUT2D eigenvalue weighted by molar-refractivity contribution is 5.69. The Morgan fingerprint density at radius 3 is 2.31 bits per heavy atom. The van der Waals surface area contributed by atoms with Gasteiger partial charge in [-0.3, -0.25) is 0 Å². The van der Waals surface area contributed by atoms with Crippen LogP contribution in [-0.2, 0) is 10.9 Å². The van der Waals surface area contributed by atoms with E-state index < -0.39 is 17.5 Å². The number of hydrogen-bond donors (Lipinski definition) is 0. The normalized spacial score (nSPS) is 24.9. The molecule has 3 heterocycles. The number of alkyl halides is 3. The molecule has 2 aromatic heterocycles. The van der Waals surface area contributed by atoms with Crippen LogP contribution in [-0.4, -0.2) is 58.0 Å². The van der Waals surface area contributed by atoms with Crippen molar-refractivity contribution in [3.63, 3.8) is 0 Å². The third-order valence-electron chi connectivity index (χ3n) is 8.00. The van der Waals surface area contributed by atoms with E-state index in [4.69, 9.17) is 14.2 Å². The highest BCUT2D eigenvalue weighted by atomic mass is 19.4. The molecular formula is C28H33F3N4O4. The van der Waals surface area contributed by atoms with Crippen LogP contribution in [0.5, 0.6) is 11.5 Å². The Hall–Kier alpha value is -3.50. The molecule has 0 radical (unpaired) electrons. The summed E-state index contributed by atoms with van der Waals surface area (Å²) in [5, 5.41) is 4.43. The number of nitrogens with zero attached hydrogens (tertiary/aromatic N) is 4. The zero-order chi connectivity index (χ0) is 28.4. The fourth-order valence-corrected chi connectivity index (χ4v) is 6.18. The molecule has 2 fully saturated rings. The molecule has 1 aliphatic carbocycles. The van der Waals surface area contributed by atoms with Crippen molar-refractivity contribution in [2.75, 3.05) is 20.8 Å². The maximum Gasteiger partial charge on any atom is 0.433 e. The van der Waals surface area contributed by atoms with Gasteiger partial charge in [0, 0.05) is 30.1 Å². The molecule has 1 saturated heterocycles. The fraction of sp³-hybridized carbons (Fsp3) is 0.536. The molecule has 1 aliphatic heterocycles. The topological polar surface area (TPSA) is 78.2 Å². The summed E-state index contributed by atoms with van der Waals surface area (Å²) in [6.45, 7) is 10.0. The predicted octanol–water partition coefficient (Wildman–Crippen LogP) is 6.04. The summed E-state index contributed by atoms with van der Waals surface area (Å²) in [4.78, 5) is 19.1. The van der Waals surface area contributed by atoms with Gasteiger partial charge >= 0.3 is 12.3 Å². The van der Waals surface area contributed by atoms with Gasteiger partial charge in [0.15, 0.2) is 22.8 Å². The van der Waals surface area contributed by atoms with Crippen molar-refractivity contribution in [3.05, 3.63) is 41.7 Å². The lowest BCUT2D eigenvalue weighted by Gasteiger charge is -2.61. The molecule has 11 heteroatoms. The molecule has 1 aromatic carbocycles. The lowest BCUT2D eigenvalue weighted by Crippen LogP contribution is -2.65. The van der Waals surface area contributed by atoms with Crippen LogP contribution in [0.1, 0.15) is 51.9 Å². The zero-order valence-electron chi connectivity index (χ0n) is 23.0. The molecule has 210 valence electrons. The lowest BCUT2D eigenvalue weighted by atomic mass is 9.51. The molecule has 5 rings (SSSR count). The van der Waals surface area contributed by atoms with Crippen LogP contribution in [0.4, 0.5) is 18.0 Å². The molecule has 3 unspecified atom stereocenters. The SMILES string of the molecule is COc1ccc(-c2cc(C(F)(F)F)n3nc(C4C5CN(C(=O)OC(C)(C)C)C(C)[C@H]4[C@H]5C)cc3n2)cc1OC. The second-order valence-corrected chi connectivity index (χ2v) is 11.4. The van der Waals surface area contributed by atoms with E-state index in [2.05, 4.69) is 17.0 Å². The molecule has 39 heavy (non-hydrogen) atoms. The van der Waals surface area contributed by atoms with E-state index >= 15 is 0 Å². The number of amides is 1. The minimum atomic E-state index is -4.65. The van der Waals surface area contributed by atoms with Gasteiger partial charge in [-0.1, -0.05) is 6.92 Å². The van der Waals surface area contributed by atoms with Crippen molar-refractivity contribution in [3.8, 4) is 22.8 Å². The zero-order valence-corrected chi connectivity index (χ0v) is 23.0. The van der Waals surface area contributed by atoms with Crippen LogP contribution in [0.3, 0.4) is 0 Å². The summed E-state index contributed by atoms with van der Waals surface area (Å²) < 4.78 is 59.7. The standard InChI is InChI=1S/C28H33F3N4O4/c1-14-17-13-34(26(36)39-27(3,4)5)15(2)24(14)25(17)19-12-23-32-18(11-22(28(29,30)31)35(23)33-19)16-8-9-20(37-6)21(10-16)38-7/h8-12,14-15,17,24-25H,13H2,1-7H3/t14-,15?,17?,24+,25?/m0/s1. The Balaban J connectivity index is 1.52. The number of ether oxygens (including phenoxy) is 3. The van der Waals surface area contributed by atoms with Gasteiger partial charge in [0.25, 0.3) is 0 Å². The van der Waals surface area contributed by atoms with Crippen LogP contribution >= 0.6 is 0 Å². The molecule has 0 spiro atoms. The van der Waals surface area contributed by atoms with Gasteiger partial charge in [0.1, 0.15) is 5.60 Å². The van der Waals surface area contributed by atoms with Gasteiger partial charge in [-0.25, -0.2) is 14.3 Å². The van der Waals surface area contributed by atoms with E-state index in [1.807, 2.05) is 27.7 Å². The number of hydrogen-bond acceptors (Lipinski definition) is 6. The maximum absolute atomic E-state index is 14.2. The average Bonchev–Trinajstić information content (AvgIpc) is 3.27. The number of carbonyl (C=O) groups excluding carboxylic acids is 1. The number of carbonyl (C=O) groups is 1. The summed E-state index contributed by atoms with van der Waals surface area (Å²) in [6.07, 6.45) is -5.02. The molecular weight excluding hydrogens is 513 g/mol. The van der Waals surface area contributed by atoms with E-state index in [1.165, 1.54) is 14.2 Å². The smallest absolute Gasteiger partial charge is 0.433 e. The van der Waals surface area contributed by atoms with Crippen LogP contribution < -0.4 is 9.47 Å². The van der Waals surface area contributed by atoms with Crippen LogP contribution in [0.25, 0.3) is 16.9 Å². The van der Waals surface area contributed by atoms with Crippen molar-refractivity contribution in [1.82, 2.24) is 19.5 Å². The first-order chi connectivity index (χ1) is 18.2. The van der Waals surface area contributed by atoms with Crippen molar-refractivity contribution >= 4 is 11.7 Å². The van der Waals surface area contributed by atoms with Gasteiger partial charge in [0.2, 0.25) is 0 Å². The summed E-state index contributed by atoms with van der Waals surface area (Å²) in [5.41, 5.74) is -0.256. The van der Waals surface area contributed by atoms with Crippen molar-refractivity contribution in [2.24, 2.45) is 17.8 Å². The first-order valence-electron chi connectivity index (χ1n) is 12.9. The summed E-state index contributed by atoms with van der Waals surface area (Å²) in [5.74, 6) is 1.17. The lowest BCUT2D eigenvalue weighted by molar-refractivity contribution is -0.142. The van der Waals surface area contributed by atoms with Gasteiger partial charge in [0.05, 0.1) is 25.6 Å². The number of fused-ring (bicyclic) bond motifs is 3. The highest BCUT2D eigenvalue weighted by Crippen LogP contribution is 2.58. The number of halogens is 3. The molecule has 5 atom stereocenters. The van der Waals surface area contributed by atoms with Crippen molar-refractivity contribution in [1.29, 1.82) is 0 Å². The minimum Gasteiger partial charge on any atom is -0.493 e. The fourth-order valence-electron chi connectivity index (χ4n) is 6.18. The Bertz CT molecular complexity index is 1410. The van der Waals surface area contributed by atoms with Crippen LogP contribution in [0.2, 0.25) is 0 Å². The monoisotopic (exact) mass is 546 g/mol. The van der Waals surface area contributed by atoms with Gasteiger partial charge < -0.3 is 19.1 Å². The highest BCUT2D eigenvalue weighted by Gasteiger charge is 2.58. The van der Waals surface area contributed by atoms with Gasteiger partial charge in [-0.05, 0) is 69.7 Å². The summed E-state index contributed by atoms with van der Waals surface area (Å²) >= 11 is 0. The number of benzene rings is 1. The first-order valence-corrected chi connectivity index (χ1v) is 12.9. The molecule has 3 aromatic rings. The second kappa shape index (κ2) is 9.31. The van der Waals surface area contributed by atoms with E-state index in [0.717, 1.165) is 10.6 Å².